The highest BCUT2D eigenvalue weighted by Crippen LogP contribution is 2.39. The van der Waals surface area contributed by atoms with Crippen molar-refractivity contribution >= 4 is 11.9 Å². The monoisotopic (exact) mass is 612 g/mol. The van der Waals surface area contributed by atoms with Crippen LogP contribution >= 0.6 is 0 Å². The quantitative estimate of drug-likeness (QED) is 0.239. The molecule has 0 radical (unpaired) electrons. The standard InChI is InChI=1S/C20H27F3O4.C12H16O4/c1-3-26-18(12-19(24)25-2)15-6-10-17(11-7-15)27-13-14-4-8-16(9-5-14)20(21,22)23;1-3-16-11(8-12(14)15-2)9-4-6-10(13)7-5-9/h6-7,10-11,14,16,18H,3-5,8-9,12-13H2,1-2H3;4-7,11,13H,3,8H2,1-2H3/t14?,16?,18-;11-/m00/s1. The number of alkyl halides is 3. The third-order valence-electron chi connectivity index (χ3n) is 7.21. The van der Waals surface area contributed by atoms with E-state index in [0.717, 1.165) is 11.1 Å². The SMILES string of the molecule is CCO[C@@H](CC(=O)OC)c1ccc(O)cc1.CCO[C@@H](CC(=O)OC)c1ccc(OCC2CCC(C(F)(F)F)CC2)cc1. The van der Waals surface area contributed by atoms with Crippen LogP contribution in [-0.4, -0.2) is 57.3 Å². The number of benzene rings is 2. The molecule has 0 bridgehead atoms. The van der Waals surface area contributed by atoms with Gasteiger partial charge in [-0.2, -0.15) is 13.2 Å². The van der Waals surface area contributed by atoms with Crippen LogP contribution in [0.5, 0.6) is 11.5 Å². The highest BCUT2D eigenvalue weighted by Gasteiger charge is 2.41. The van der Waals surface area contributed by atoms with Gasteiger partial charge in [0.15, 0.2) is 0 Å². The molecule has 1 saturated carbocycles. The lowest BCUT2D eigenvalue weighted by Crippen LogP contribution is -2.29. The lowest BCUT2D eigenvalue weighted by Gasteiger charge is -2.29. The molecule has 0 amide bonds. The van der Waals surface area contributed by atoms with Crippen molar-refractivity contribution in [3.63, 3.8) is 0 Å². The minimum absolute atomic E-state index is 0.132. The highest BCUT2D eigenvalue weighted by atomic mass is 19.4. The van der Waals surface area contributed by atoms with Gasteiger partial charge in [-0.05, 0) is 80.8 Å². The summed E-state index contributed by atoms with van der Waals surface area (Å²) in [4.78, 5) is 22.7. The Kier molecular flexibility index (Phi) is 15.3. The van der Waals surface area contributed by atoms with Gasteiger partial charge in [-0.1, -0.05) is 24.3 Å². The zero-order valence-corrected chi connectivity index (χ0v) is 25.2. The van der Waals surface area contributed by atoms with Crippen molar-refractivity contribution in [1.29, 1.82) is 0 Å². The summed E-state index contributed by atoms with van der Waals surface area (Å²) < 4.78 is 64.2. The Balaban J connectivity index is 0.000000344. The molecule has 1 aliphatic rings. The largest absolute Gasteiger partial charge is 0.508 e. The van der Waals surface area contributed by atoms with Gasteiger partial charge in [-0.3, -0.25) is 9.59 Å². The van der Waals surface area contributed by atoms with E-state index in [-0.39, 0.29) is 61.5 Å². The maximum absolute atomic E-state index is 12.7. The molecule has 0 aromatic heterocycles. The molecule has 240 valence electrons. The normalized spacial score (nSPS) is 18.0. The van der Waals surface area contributed by atoms with Crippen molar-refractivity contribution in [3.05, 3.63) is 59.7 Å². The van der Waals surface area contributed by atoms with Crippen LogP contribution in [0, 0.1) is 11.8 Å². The number of carbonyl (C=O) groups excluding carboxylic acids is 2. The first-order valence-electron chi connectivity index (χ1n) is 14.5. The fraction of sp³-hybridized carbons (Fsp3) is 0.562. The molecule has 1 fully saturated rings. The average Bonchev–Trinajstić information content (AvgIpc) is 3.00. The number of aromatic hydroxyl groups is 1. The van der Waals surface area contributed by atoms with Gasteiger partial charge in [0, 0.05) is 13.2 Å². The first kappa shape index (κ1) is 35.9. The lowest BCUT2D eigenvalue weighted by molar-refractivity contribution is -0.184. The summed E-state index contributed by atoms with van der Waals surface area (Å²) in [5.41, 5.74) is 1.70. The molecule has 2 aromatic rings. The number of ether oxygens (including phenoxy) is 5. The predicted octanol–water partition coefficient (Wildman–Crippen LogP) is 7.11. The molecule has 1 N–H and O–H groups in total. The van der Waals surface area contributed by atoms with Crippen LogP contribution in [0.25, 0.3) is 0 Å². The van der Waals surface area contributed by atoms with E-state index >= 15 is 0 Å². The third-order valence-corrected chi connectivity index (χ3v) is 7.21. The van der Waals surface area contributed by atoms with E-state index in [1.54, 1.807) is 36.4 Å². The summed E-state index contributed by atoms with van der Waals surface area (Å²) in [5, 5.41) is 9.16. The van der Waals surface area contributed by atoms with Crippen molar-refractivity contribution in [2.75, 3.05) is 34.0 Å². The second-order valence-electron chi connectivity index (χ2n) is 10.2. The second-order valence-corrected chi connectivity index (χ2v) is 10.2. The zero-order valence-electron chi connectivity index (χ0n) is 25.2. The Morgan fingerprint density at radius 3 is 1.63 bits per heavy atom. The number of phenolic OH excluding ortho intramolecular Hbond substituents is 1. The Hall–Kier alpha value is -3.31. The number of hydrogen-bond acceptors (Lipinski definition) is 8. The molecule has 3 rings (SSSR count). The highest BCUT2D eigenvalue weighted by molar-refractivity contribution is 5.70. The van der Waals surface area contributed by atoms with Crippen molar-refractivity contribution < 1.29 is 51.6 Å². The van der Waals surface area contributed by atoms with Crippen LogP contribution in [0.3, 0.4) is 0 Å². The Morgan fingerprint density at radius 2 is 1.23 bits per heavy atom. The van der Waals surface area contributed by atoms with Crippen molar-refractivity contribution in [2.24, 2.45) is 11.8 Å². The maximum Gasteiger partial charge on any atom is 0.391 e. The molecule has 2 atom stereocenters. The molecule has 43 heavy (non-hydrogen) atoms. The lowest BCUT2D eigenvalue weighted by atomic mass is 9.82. The average molecular weight is 613 g/mol. The van der Waals surface area contributed by atoms with E-state index in [9.17, 15) is 22.8 Å². The van der Waals surface area contributed by atoms with E-state index in [0.29, 0.717) is 38.4 Å². The summed E-state index contributed by atoms with van der Waals surface area (Å²) in [6.07, 6.45) is -3.04. The van der Waals surface area contributed by atoms with Gasteiger partial charge < -0.3 is 28.8 Å². The summed E-state index contributed by atoms with van der Waals surface area (Å²) in [5.74, 6) is -0.825. The van der Waals surface area contributed by atoms with Crippen LogP contribution in [0.4, 0.5) is 13.2 Å². The topological polar surface area (TPSA) is 101 Å². The molecule has 0 saturated heterocycles. The molecule has 2 aromatic carbocycles. The molecular weight excluding hydrogens is 569 g/mol. The number of esters is 2. The summed E-state index contributed by atoms with van der Waals surface area (Å²) >= 11 is 0. The van der Waals surface area contributed by atoms with E-state index in [1.807, 2.05) is 26.0 Å². The van der Waals surface area contributed by atoms with Crippen LogP contribution in [0.2, 0.25) is 0 Å². The molecule has 8 nitrogen and oxygen atoms in total. The van der Waals surface area contributed by atoms with Crippen molar-refractivity contribution in [1.82, 2.24) is 0 Å². The number of methoxy groups -OCH3 is 2. The van der Waals surface area contributed by atoms with Crippen LogP contribution in [0.15, 0.2) is 48.5 Å². The van der Waals surface area contributed by atoms with Gasteiger partial charge >= 0.3 is 18.1 Å². The molecule has 0 heterocycles. The number of halogens is 3. The van der Waals surface area contributed by atoms with E-state index in [1.165, 1.54) is 14.2 Å². The Bertz CT molecular complexity index is 1080. The van der Waals surface area contributed by atoms with Crippen LogP contribution in [0.1, 0.15) is 75.7 Å². The van der Waals surface area contributed by atoms with Gasteiger partial charge in [0.1, 0.15) is 11.5 Å². The fourth-order valence-corrected chi connectivity index (χ4v) is 4.76. The first-order chi connectivity index (χ1) is 20.5. The van der Waals surface area contributed by atoms with Gasteiger partial charge in [0.2, 0.25) is 0 Å². The summed E-state index contributed by atoms with van der Waals surface area (Å²) in [6, 6.07) is 13.9. The maximum atomic E-state index is 12.7. The Labute approximate surface area is 251 Å². The van der Waals surface area contributed by atoms with E-state index in [2.05, 4.69) is 4.74 Å². The molecule has 0 spiro atoms. The zero-order chi connectivity index (χ0) is 31.8. The number of phenols is 1. The number of hydrogen-bond donors (Lipinski definition) is 1. The smallest absolute Gasteiger partial charge is 0.391 e. The predicted molar refractivity (Wildman–Crippen MR) is 154 cm³/mol. The van der Waals surface area contributed by atoms with Crippen LogP contribution in [-0.2, 0) is 28.5 Å². The van der Waals surface area contributed by atoms with Crippen molar-refractivity contribution in [3.8, 4) is 11.5 Å². The van der Waals surface area contributed by atoms with Gasteiger partial charge in [-0.15, -0.1) is 0 Å². The Morgan fingerprint density at radius 1 is 0.791 bits per heavy atom. The number of rotatable bonds is 13. The molecule has 11 heteroatoms. The fourth-order valence-electron chi connectivity index (χ4n) is 4.76. The minimum Gasteiger partial charge on any atom is -0.508 e. The molecule has 1 aliphatic carbocycles. The van der Waals surface area contributed by atoms with E-state index in [4.69, 9.17) is 24.1 Å². The molecule has 0 unspecified atom stereocenters. The van der Waals surface area contributed by atoms with Gasteiger partial charge in [-0.25, -0.2) is 0 Å². The molecule has 0 aliphatic heterocycles. The third kappa shape index (κ3) is 12.8. The van der Waals surface area contributed by atoms with Crippen molar-refractivity contribution in [2.45, 2.75) is 70.8 Å². The second kappa shape index (κ2) is 18.4. The van der Waals surface area contributed by atoms with Gasteiger partial charge in [0.25, 0.3) is 0 Å². The number of carbonyl (C=O) groups is 2. The summed E-state index contributed by atoms with van der Waals surface area (Å²) in [7, 11) is 2.69. The minimum atomic E-state index is -4.08. The van der Waals surface area contributed by atoms with Crippen LogP contribution < -0.4 is 4.74 Å². The first-order valence-corrected chi connectivity index (χ1v) is 14.5. The van der Waals surface area contributed by atoms with E-state index < -0.39 is 12.1 Å². The summed E-state index contributed by atoms with van der Waals surface area (Å²) in [6.45, 7) is 5.13. The molecular formula is C32H43F3O8. The van der Waals surface area contributed by atoms with Gasteiger partial charge in [0.05, 0.1) is 51.8 Å².